The summed E-state index contributed by atoms with van der Waals surface area (Å²) in [5.74, 6) is -0.366. The second kappa shape index (κ2) is 11.5. The number of aromatic nitrogens is 1. The van der Waals surface area contributed by atoms with Gasteiger partial charge in [-0.25, -0.2) is 4.79 Å². The van der Waals surface area contributed by atoms with Crippen molar-refractivity contribution in [3.63, 3.8) is 0 Å². The maximum absolute atomic E-state index is 11.6. The molecular formula is C15H25BrN2O3. The van der Waals surface area contributed by atoms with E-state index in [-0.39, 0.29) is 5.76 Å². The molecule has 0 spiro atoms. The predicted molar refractivity (Wildman–Crippen MR) is 90.7 cm³/mol. The molecule has 0 aliphatic heterocycles. The molecule has 0 radical (unpaired) electrons. The van der Waals surface area contributed by atoms with Crippen molar-refractivity contribution in [2.45, 2.75) is 34.2 Å². The van der Waals surface area contributed by atoms with Crippen molar-refractivity contribution in [1.29, 1.82) is 0 Å². The zero-order chi connectivity index (χ0) is 16.3. The van der Waals surface area contributed by atoms with Crippen LogP contribution in [0.4, 0.5) is 0 Å². The van der Waals surface area contributed by atoms with Gasteiger partial charge in [-0.05, 0) is 18.2 Å². The van der Waals surface area contributed by atoms with Crippen molar-refractivity contribution < 1.29 is 9.15 Å². The van der Waals surface area contributed by atoms with Crippen LogP contribution in [0.1, 0.15) is 27.7 Å². The number of nitrogens with two attached hydrogens (primary N) is 1. The summed E-state index contributed by atoms with van der Waals surface area (Å²) < 4.78 is 12.8. The van der Waals surface area contributed by atoms with Crippen LogP contribution < -0.4 is 11.5 Å². The Labute approximate surface area is 134 Å². The van der Waals surface area contributed by atoms with E-state index in [4.69, 9.17) is 14.9 Å². The van der Waals surface area contributed by atoms with E-state index in [1.54, 1.807) is 10.6 Å². The average molecular weight is 361 g/mol. The van der Waals surface area contributed by atoms with Crippen molar-refractivity contribution in [1.82, 2.24) is 4.57 Å². The van der Waals surface area contributed by atoms with Crippen LogP contribution in [0.15, 0.2) is 31.9 Å². The Morgan fingerprint density at radius 3 is 2.52 bits per heavy atom. The lowest BCUT2D eigenvalue weighted by molar-refractivity contribution is 0.132. The number of rotatable bonds is 5. The van der Waals surface area contributed by atoms with E-state index in [0.717, 1.165) is 9.99 Å². The predicted octanol–water partition coefficient (Wildman–Crippen LogP) is 3.38. The molecule has 0 saturated heterocycles. The lowest BCUT2D eigenvalue weighted by Gasteiger charge is -2.03. The fourth-order valence-corrected chi connectivity index (χ4v) is 1.94. The topological polar surface area (TPSA) is 70.4 Å². The van der Waals surface area contributed by atoms with Crippen molar-refractivity contribution in [3.05, 3.63) is 33.2 Å². The van der Waals surface area contributed by atoms with Crippen LogP contribution in [0.5, 0.6) is 0 Å². The summed E-state index contributed by atoms with van der Waals surface area (Å²) in [7, 11) is 0. The highest BCUT2D eigenvalue weighted by atomic mass is 79.9. The molecule has 0 atom stereocenters. The van der Waals surface area contributed by atoms with Gasteiger partial charge in [-0.1, -0.05) is 43.6 Å². The van der Waals surface area contributed by atoms with Gasteiger partial charge in [0.15, 0.2) is 5.58 Å². The number of halogens is 1. The minimum absolute atomic E-state index is 0.366. The van der Waals surface area contributed by atoms with E-state index in [2.05, 4.69) is 15.9 Å². The monoisotopic (exact) mass is 360 g/mol. The quantitative estimate of drug-likeness (QED) is 0.829. The Balaban J connectivity index is 0.000000921. The van der Waals surface area contributed by atoms with Gasteiger partial charge in [0.05, 0.1) is 25.3 Å². The largest absolute Gasteiger partial charge is 0.420 e. The number of ether oxygens (including phenoxy) is 1. The van der Waals surface area contributed by atoms with Crippen LogP contribution in [-0.4, -0.2) is 24.3 Å². The van der Waals surface area contributed by atoms with E-state index < -0.39 is 0 Å². The van der Waals surface area contributed by atoms with Crippen molar-refractivity contribution in [2.24, 2.45) is 5.73 Å². The lowest BCUT2D eigenvalue weighted by atomic mass is 10.3. The SMILES string of the molecule is CC.CC.NCCOCCn1c(=O)oc2ccc(Br)cc21. The van der Waals surface area contributed by atoms with Gasteiger partial charge in [-0.2, -0.15) is 0 Å². The minimum Gasteiger partial charge on any atom is -0.408 e. The Morgan fingerprint density at radius 1 is 1.24 bits per heavy atom. The highest BCUT2D eigenvalue weighted by Crippen LogP contribution is 2.18. The smallest absolute Gasteiger partial charge is 0.408 e. The van der Waals surface area contributed by atoms with Crippen LogP contribution in [-0.2, 0) is 11.3 Å². The molecule has 1 heterocycles. The van der Waals surface area contributed by atoms with Gasteiger partial charge in [0, 0.05) is 11.0 Å². The molecule has 0 bridgehead atoms. The summed E-state index contributed by atoms with van der Waals surface area (Å²) in [6, 6.07) is 5.45. The van der Waals surface area contributed by atoms with E-state index >= 15 is 0 Å². The number of benzene rings is 1. The first-order chi connectivity index (χ1) is 10.2. The maximum atomic E-state index is 11.6. The van der Waals surface area contributed by atoms with Gasteiger partial charge in [-0.15, -0.1) is 0 Å². The number of fused-ring (bicyclic) bond motifs is 1. The molecule has 1 aromatic heterocycles. The second-order valence-corrected chi connectivity index (χ2v) is 4.45. The maximum Gasteiger partial charge on any atom is 0.420 e. The standard InChI is InChI=1S/C11H13BrN2O3.2C2H6/c12-8-1-2-10-9(7-8)14(11(15)17-10)4-6-16-5-3-13;2*1-2/h1-2,7H,3-6,13H2;2*1-2H3. The van der Waals surface area contributed by atoms with Crippen molar-refractivity contribution >= 4 is 27.0 Å². The molecule has 5 nitrogen and oxygen atoms in total. The molecule has 120 valence electrons. The van der Waals surface area contributed by atoms with Gasteiger partial charge < -0.3 is 14.9 Å². The number of hydrogen-bond acceptors (Lipinski definition) is 4. The van der Waals surface area contributed by atoms with Gasteiger partial charge in [0.25, 0.3) is 0 Å². The normalized spacial score (nSPS) is 9.62. The fourth-order valence-electron chi connectivity index (χ4n) is 1.59. The van der Waals surface area contributed by atoms with Gasteiger partial charge in [0.2, 0.25) is 0 Å². The summed E-state index contributed by atoms with van der Waals surface area (Å²) in [5, 5.41) is 0. The molecule has 2 rings (SSSR count). The summed E-state index contributed by atoms with van der Waals surface area (Å²) in [6.45, 7) is 9.88. The molecule has 0 aliphatic carbocycles. The Hall–Kier alpha value is -1.11. The van der Waals surface area contributed by atoms with E-state index in [9.17, 15) is 4.79 Å². The number of nitrogens with zero attached hydrogens (tertiary/aromatic N) is 1. The number of hydrogen-bond donors (Lipinski definition) is 1. The molecule has 2 aromatic rings. The van der Waals surface area contributed by atoms with Gasteiger partial charge in [0.1, 0.15) is 0 Å². The van der Waals surface area contributed by atoms with Gasteiger partial charge in [-0.3, -0.25) is 4.57 Å². The van der Waals surface area contributed by atoms with Crippen molar-refractivity contribution in [3.8, 4) is 0 Å². The molecule has 1 aromatic carbocycles. The molecule has 0 saturated carbocycles. The highest BCUT2D eigenvalue weighted by molar-refractivity contribution is 9.10. The molecule has 0 unspecified atom stereocenters. The first-order valence-electron chi connectivity index (χ1n) is 7.29. The third-order valence-electron chi connectivity index (χ3n) is 2.35. The Morgan fingerprint density at radius 2 is 1.90 bits per heavy atom. The number of oxazole rings is 1. The van der Waals surface area contributed by atoms with Crippen LogP contribution in [0.3, 0.4) is 0 Å². The summed E-state index contributed by atoms with van der Waals surface area (Å²) in [4.78, 5) is 11.6. The lowest BCUT2D eigenvalue weighted by Crippen LogP contribution is -2.19. The fraction of sp³-hybridized carbons (Fsp3) is 0.533. The summed E-state index contributed by atoms with van der Waals surface area (Å²) in [5.41, 5.74) is 6.66. The molecule has 21 heavy (non-hydrogen) atoms. The Bertz CT molecular complexity index is 564. The molecule has 6 heteroatoms. The first-order valence-corrected chi connectivity index (χ1v) is 8.08. The average Bonchev–Trinajstić information content (AvgIpc) is 2.83. The third-order valence-corrected chi connectivity index (χ3v) is 2.84. The van der Waals surface area contributed by atoms with E-state index in [1.807, 2.05) is 39.8 Å². The summed E-state index contributed by atoms with van der Waals surface area (Å²) >= 11 is 3.36. The van der Waals surface area contributed by atoms with Crippen LogP contribution in [0.25, 0.3) is 11.1 Å². The van der Waals surface area contributed by atoms with E-state index in [0.29, 0.717) is 31.9 Å². The molecular weight excluding hydrogens is 336 g/mol. The Kier molecular flexibility index (Phi) is 10.9. The first kappa shape index (κ1) is 19.9. The van der Waals surface area contributed by atoms with Crippen LogP contribution >= 0.6 is 15.9 Å². The zero-order valence-electron chi connectivity index (χ0n) is 13.2. The zero-order valence-corrected chi connectivity index (χ0v) is 14.8. The molecule has 0 fully saturated rings. The van der Waals surface area contributed by atoms with Crippen molar-refractivity contribution in [2.75, 3.05) is 19.8 Å². The second-order valence-electron chi connectivity index (χ2n) is 3.53. The van der Waals surface area contributed by atoms with Crippen LogP contribution in [0.2, 0.25) is 0 Å². The van der Waals surface area contributed by atoms with Gasteiger partial charge >= 0.3 is 5.76 Å². The third kappa shape index (κ3) is 6.03. The molecule has 2 N–H and O–H groups in total. The molecule has 0 aliphatic rings. The van der Waals surface area contributed by atoms with E-state index in [1.165, 1.54) is 0 Å². The van der Waals surface area contributed by atoms with Crippen LogP contribution in [0, 0.1) is 0 Å². The highest BCUT2D eigenvalue weighted by Gasteiger charge is 2.08. The minimum atomic E-state index is -0.366. The molecule has 0 amide bonds. The summed E-state index contributed by atoms with van der Waals surface area (Å²) in [6.07, 6.45) is 0.